The van der Waals surface area contributed by atoms with Crippen molar-refractivity contribution in [2.24, 2.45) is 23.2 Å². The molecule has 1 aliphatic heterocycles. The molecule has 3 nitrogen and oxygen atoms in total. The fourth-order valence-electron chi connectivity index (χ4n) is 6.73. The highest BCUT2D eigenvalue weighted by atomic mass is 16.3. The molecule has 1 heterocycles. The van der Waals surface area contributed by atoms with Crippen LogP contribution < -0.4 is 5.32 Å². The number of aromatic hydroxyl groups is 1. The van der Waals surface area contributed by atoms with Gasteiger partial charge in [0.15, 0.2) is 5.78 Å². The van der Waals surface area contributed by atoms with Crippen LogP contribution in [0.15, 0.2) is 24.3 Å². The van der Waals surface area contributed by atoms with Gasteiger partial charge in [-0.3, -0.25) is 4.79 Å². The molecular weight excluding hydrogens is 322 g/mol. The van der Waals surface area contributed by atoms with E-state index in [1.54, 1.807) is 12.1 Å². The lowest BCUT2D eigenvalue weighted by atomic mass is 9.48. The third-order valence-corrected chi connectivity index (χ3v) is 7.33. The van der Waals surface area contributed by atoms with E-state index in [9.17, 15) is 9.90 Å². The van der Waals surface area contributed by atoms with Crippen LogP contribution in [0, 0.1) is 23.2 Å². The summed E-state index contributed by atoms with van der Waals surface area (Å²) in [6.45, 7) is 4.34. The van der Waals surface area contributed by atoms with Crippen molar-refractivity contribution in [3.63, 3.8) is 0 Å². The van der Waals surface area contributed by atoms with Crippen molar-refractivity contribution in [2.75, 3.05) is 0 Å². The van der Waals surface area contributed by atoms with Crippen LogP contribution in [-0.2, 0) is 11.2 Å². The van der Waals surface area contributed by atoms with Gasteiger partial charge in [-0.15, -0.1) is 0 Å². The molecule has 4 aliphatic carbocycles. The average Bonchev–Trinajstić information content (AvgIpc) is 2.53. The maximum Gasteiger partial charge on any atom is 0.163 e. The van der Waals surface area contributed by atoms with Gasteiger partial charge < -0.3 is 10.4 Å². The number of fused-ring (bicyclic) bond motifs is 1. The Kier molecular flexibility index (Phi) is 3.39. The Hall–Kier alpha value is -1.77. The zero-order valence-electron chi connectivity index (χ0n) is 15.8. The SMILES string of the molecule is CC1(C)Cc2ccc(O)cc2/C(=C/C(=O)C23CC4CC(CC(C4)C2)C3)N1. The van der Waals surface area contributed by atoms with E-state index in [0.29, 0.717) is 5.78 Å². The Morgan fingerprint density at radius 3 is 2.35 bits per heavy atom. The van der Waals surface area contributed by atoms with Crippen molar-refractivity contribution < 1.29 is 9.90 Å². The molecule has 0 spiro atoms. The van der Waals surface area contributed by atoms with Crippen molar-refractivity contribution in [3.8, 4) is 5.75 Å². The molecule has 0 radical (unpaired) electrons. The summed E-state index contributed by atoms with van der Waals surface area (Å²) in [5.74, 6) is 2.91. The second-order valence-electron chi connectivity index (χ2n) is 10.1. The second-order valence-corrected chi connectivity index (χ2v) is 10.1. The van der Waals surface area contributed by atoms with E-state index in [1.165, 1.54) is 24.8 Å². The molecule has 0 atom stereocenters. The summed E-state index contributed by atoms with van der Waals surface area (Å²) < 4.78 is 0. The van der Waals surface area contributed by atoms with Crippen LogP contribution in [0.4, 0.5) is 0 Å². The zero-order valence-corrected chi connectivity index (χ0v) is 15.8. The first-order chi connectivity index (χ1) is 12.3. The van der Waals surface area contributed by atoms with Crippen molar-refractivity contribution >= 4 is 11.5 Å². The smallest absolute Gasteiger partial charge is 0.163 e. The maximum atomic E-state index is 13.5. The number of hydrogen-bond donors (Lipinski definition) is 2. The molecule has 5 aliphatic rings. The molecule has 4 bridgehead atoms. The maximum absolute atomic E-state index is 13.5. The Bertz CT molecular complexity index is 769. The van der Waals surface area contributed by atoms with Crippen molar-refractivity contribution in [3.05, 3.63) is 35.4 Å². The zero-order chi connectivity index (χ0) is 18.1. The minimum absolute atomic E-state index is 0.0858. The Morgan fingerprint density at radius 2 is 1.73 bits per heavy atom. The molecule has 4 saturated carbocycles. The minimum Gasteiger partial charge on any atom is -0.508 e. The molecule has 0 saturated heterocycles. The van der Waals surface area contributed by atoms with E-state index in [0.717, 1.165) is 54.7 Å². The number of carbonyl (C=O) groups excluding carboxylic acids is 1. The molecule has 6 rings (SSSR count). The van der Waals surface area contributed by atoms with Gasteiger partial charge in [0.2, 0.25) is 0 Å². The van der Waals surface area contributed by atoms with E-state index in [1.807, 2.05) is 12.1 Å². The molecular formula is C23H29NO2. The molecule has 138 valence electrons. The number of benzene rings is 1. The number of phenolic OH excluding ortho intramolecular Hbond substituents is 1. The van der Waals surface area contributed by atoms with Crippen LogP contribution in [0.1, 0.15) is 63.5 Å². The predicted molar refractivity (Wildman–Crippen MR) is 103 cm³/mol. The standard InChI is InChI=1S/C23H29NO2/c1-22(2)13-17-3-4-18(25)8-19(17)20(24-22)9-21(26)23-10-14-5-15(11-23)7-16(6-14)12-23/h3-4,8-9,14-16,24-25H,5-7,10-13H2,1-2H3/b20-9-. The normalized spacial score (nSPS) is 38.1. The van der Waals surface area contributed by atoms with Crippen LogP contribution in [0.3, 0.4) is 0 Å². The summed E-state index contributed by atoms with van der Waals surface area (Å²) in [5.41, 5.74) is 2.89. The van der Waals surface area contributed by atoms with Gasteiger partial charge in [-0.2, -0.15) is 0 Å². The van der Waals surface area contributed by atoms with Gasteiger partial charge in [0.25, 0.3) is 0 Å². The van der Waals surface area contributed by atoms with Gasteiger partial charge in [0.1, 0.15) is 5.75 Å². The highest BCUT2D eigenvalue weighted by Gasteiger charge is 2.54. The molecule has 0 amide bonds. The number of carbonyl (C=O) groups is 1. The van der Waals surface area contributed by atoms with Crippen LogP contribution in [-0.4, -0.2) is 16.4 Å². The fraction of sp³-hybridized carbons (Fsp3) is 0.609. The minimum atomic E-state index is -0.109. The van der Waals surface area contributed by atoms with Gasteiger partial charge in [-0.05, 0) is 94.2 Å². The fourth-order valence-corrected chi connectivity index (χ4v) is 6.73. The van der Waals surface area contributed by atoms with Gasteiger partial charge in [-0.25, -0.2) is 0 Å². The van der Waals surface area contributed by atoms with Crippen LogP contribution in [0.25, 0.3) is 5.70 Å². The van der Waals surface area contributed by atoms with E-state index < -0.39 is 0 Å². The highest BCUT2D eigenvalue weighted by Crippen LogP contribution is 2.60. The Morgan fingerprint density at radius 1 is 1.12 bits per heavy atom. The number of hydrogen-bond acceptors (Lipinski definition) is 3. The van der Waals surface area contributed by atoms with Gasteiger partial charge in [0.05, 0.1) is 0 Å². The van der Waals surface area contributed by atoms with Crippen LogP contribution in [0.5, 0.6) is 5.75 Å². The lowest BCUT2D eigenvalue weighted by Crippen LogP contribution is -2.50. The first-order valence-corrected chi connectivity index (χ1v) is 10.2. The summed E-state index contributed by atoms with van der Waals surface area (Å²) in [4.78, 5) is 13.5. The van der Waals surface area contributed by atoms with Crippen molar-refractivity contribution in [1.82, 2.24) is 5.32 Å². The number of nitrogens with one attached hydrogen (secondary N) is 1. The molecule has 1 aromatic carbocycles. The van der Waals surface area contributed by atoms with Gasteiger partial charge >= 0.3 is 0 Å². The van der Waals surface area contributed by atoms with Crippen molar-refractivity contribution in [1.29, 1.82) is 0 Å². The summed E-state index contributed by atoms with van der Waals surface area (Å²) >= 11 is 0. The lowest BCUT2D eigenvalue weighted by Gasteiger charge is -2.55. The molecule has 0 unspecified atom stereocenters. The topological polar surface area (TPSA) is 49.3 Å². The molecule has 26 heavy (non-hydrogen) atoms. The summed E-state index contributed by atoms with van der Waals surface area (Å²) in [6.07, 6.45) is 10.1. The highest BCUT2D eigenvalue weighted by molar-refractivity contribution is 6.01. The summed E-state index contributed by atoms with van der Waals surface area (Å²) in [5, 5.41) is 13.5. The molecule has 1 aromatic rings. The first kappa shape index (κ1) is 16.4. The Labute approximate surface area is 155 Å². The first-order valence-electron chi connectivity index (χ1n) is 10.2. The molecule has 4 fully saturated rings. The average molecular weight is 351 g/mol. The molecule has 3 heteroatoms. The molecule has 0 aromatic heterocycles. The number of rotatable bonds is 2. The van der Waals surface area contributed by atoms with Gasteiger partial charge in [-0.1, -0.05) is 6.07 Å². The van der Waals surface area contributed by atoms with E-state index in [4.69, 9.17) is 0 Å². The second kappa shape index (κ2) is 5.37. The van der Waals surface area contributed by atoms with E-state index >= 15 is 0 Å². The molecule has 2 N–H and O–H groups in total. The number of ketones is 1. The summed E-state index contributed by atoms with van der Waals surface area (Å²) in [6, 6.07) is 5.55. The third-order valence-electron chi connectivity index (χ3n) is 7.33. The lowest BCUT2D eigenvalue weighted by molar-refractivity contribution is -0.138. The van der Waals surface area contributed by atoms with Crippen LogP contribution in [0.2, 0.25) is 0 Å². The van der Waals surface area contributed by atoms with E-state index in [2.05, 4.69) is 19.2 Å². The Balaban J connectivity index is 1.52. The monoisotopic (exact) mass is 351 g/mol. The quantitative estimate of drug-likeness (QED) is 0.774. The van der Waals surface area contributed by atoms with Gasteiger partial charge in [0, 0.05) is 28.3 Å². The number of allylic oxidation sites excluding steroid dienone is 1. The largest absolute Gasteiger partial charge is 0.508 e. The van der Waals surface area contributed by atoms with E-state index in [-0.39, 0.29) is 16.7 Å². The predicted octanol–water partition coefficient (Wildman–Crippen LogP) is 4.44. The third kappa shape index (κ3) is 2.59. The summed E-state index contributed by atoms with van der Waals surface area (Å²) in [7, 11) is 0. The number of phenols is 1. The van der Waals surface area contributed by atoms with Crippen molar-refractivity contribution in [2.45, 2.75) is 64.3 Å². The van der Waals surface area contributed by atoms with Crippen LogP contribution >= 0.6 is 0 Å².